The predicted molar refractivity (Wildman–Crippen MR) is 86.6 cm³/mol. The van der Waals surface area contributed by atoms with Crippen molar-refractivity contribution in [1.29, 1.82) is 0 Å². The van der Waals surface area contributed by atoms with Gasteiger partial charge in [0.15, 0.2) is 0 Å². The zero-order valence-electron chi connectivity index (χ0n) is 12.0. The highest BCUT2D eigenvalue weighted by atomic mass is 35.5. The Bertz CT molecular complexity index is 622. The van der Waals surface area contributed by atoms with Crippen molar-refractivity contribution in [2.45, 2.75) is 25.7 Å². The summed E-state index contributed by atoms with van der Waals surface area (Å²) in [6, 6.07) is 4.47. The number of halogens is 1. The zero-order valence-corrected chi connectivity index (χ0v) is 14.4. The van der Waals surface area contributed by atoms with Gasteiger partial charge in [-0.1, -0.05) is 50.7 Å². The van der Waals surface area contributed by atoms with Crippen LogP contribution in [0.1, 0.15) is 26.3 Å². The third kappa shape index (κ3) is 4.15. The number of rotatable bonds is 4. The molecule has 0 aliphatic rings. The van der Waals surface area contributed by atoms with E-state index in [1.165, 1.54) is 16.4 Å². The summed E-state index contributed by atoms with van der Waals surface area (Å²) in [4.78, 5) is 0.241. The van der Waals surface area contributed by atoms with Gasteiger partial charge in [-0.05, 0) is 17.5 Å². The molecule has 0 spiro atoms. The van der Waals surface area contributed by atoms with Crippen molar-refractivity contribution in [3.05, 3.63) is 28.8 Å². The number of hydrogen-bond acceptors (Lipinski definition) is 3. The molecule has 1 rings (SSSR count). The van der Waals surface area contributed by atoms with Crippen LogP contribution >= 0.6 is 23.8 Å². The standard InChI is InChI=1S/C13H19ClN2O2S2/c1-13(2,3)8-16(4)20(17,18)11-6-5-9(12(15)19)7-10(11)14/h5-7H,8H2,1-4H3,(H2,15,19). The largest absolute Gasteiger partial charge is 0.389 e. The second-order valence-corrected chi connectivity index (χ2v) is 8.69. The van der Waals surface area contributed by atoms with Gasteiger partial charge in [-0.25, -0.2) is 12.7 Å². The quantitative estimate of drug-likeness (QED) is 0.860. The van der Waals surface area contributed by atoms with Crippen LogP contribution in [0.25, 0.3) is 0 Å². The highest BCUT2D eigenvalue weighted by molar-refractivity contribution is 7.89. The van der Waals surface area contributed by atoms with Crippen LogP contribution in [0, 0.1) is 5.41 Å². The summed E-state index contributed by atoms with van der Waals surface area (Å²) in [6.07, 6.45) is 0. The Morgan fingerprint density at radius 3 is 2.35 bits per heavy atom. The monoisotopic (exact) mass is 334 g/mol. The maximum absolute atomic E-state index is 12.5. The first-order valence-corrected chi connectivity index (χ1v) is 8.23. The van der Waals surface area contributed by atoms with E-state index in [9.17, 15) is 8.42 Å². The Morgan fingerprint density at radius 2 is 1.95 bits per heavy atom. The van der Waals surface area contributed by atoms with Crippen molar-refractivity contribution in [1.82, 2.24) is 4.31 Å². The van der Waals surface area contributed by atoms with E-state index in [2.05, 4.69) is 0 Å². The van der Waals surface area contributed by atoms with Gasteiger partial charge in [0.2, 0.25) is 10.0 Å². The molecule has 0 radical (unpaired) electrons. The number of nitrogens with zero attached hydrogens (tertiary/aromatic N) is 1. The summed E-state index contributed by atoms with van der Waals surface area (Å²) in [6.45, 7) is 6.30. The molecular weight excluding hydrogens is 316 g/mol. The van der Waals surface area contributed by atoms with Gasteiger partial charge >= 0.3 is 0 Å². The number of sulfonamides is 1. The van der Waals surface area contributed by atoms with E-state index in [1.807, 2.05) is 20.8 Å². The summed E-state index contributed by atoms with van der Waals surface area (Å²) in [5.74, 6) is 0. The SMILES string of the molecule is CN(CC(C)(C)C)S(=O)(=O)c1ccc(C(N)=S)cc1Cl. The summed E-state index contributed by atoms with van der Waals surface area (Å²) in [5.41, 5.74) is 5.90. The fourth-order valence-electron chi connectivity index (χ4n) is 1.78. The van der Waals surface area contributed by atoms with Gasteiger partial charge in [0.1, 0.15) is 9.88 Å². The summed E-state index contributed by atoms with van der Waals surface area (Å²) in [7, 11) is -2.09. The number of thiocarbonyl (C=S) groups is 1. The van der Waals surface area contributed by atoms with E-state index in [4.69, 9.17) is 29.6 Å². The molecule has 1 aromatic carbocycles. The van der Waals surface area contributed by atoms with Crippen LogP contribution in [0.3, 0.4) is 0 Å². The minimum atomic E-state index is -3.63. The fraction of sp³-hybridized carbons (Fsp3) is 0.462. The molecular formula is C13H19ClN2O2S2. The van der Waals surface area contributed by atoms with Crippen molar-refractivity contribution in [2.75, 3.05) is 13.6 Å². The Kier molecular flexibility index (Phi) is 5.18. The molecule has 0 amide bonds. The Morgan fingerprint density at radius 1 is 1.40 bits per heavy atom. The Hall–Kier alpha value is -0.690. The number of nitrogens with two attached hydrogens (primary N) is 1. The van der Waals surface area contributed by atoms with Gasteiger partial charge < -0.3 is 5.73 Å². The number of hydrogen-bond donors (Lipinski definition) is 1. The van der Waals surface area contributed by atoms with Gasteiger partial charge in [-0.15, -0.1) is 0 Å². The van der Waals surface area contributed by atoms with Crippen molar-refractivity contribution in [3.8, 4) is 0 Å². The van der Waals surface area contributed by atoms with E-state index in [0.717, 1.165) is 0 Å². The van der Waals surface area contributed by atoms with Crippen LogP contribution in [0.2, 0.25) is 5.02 Å². The highest BCUT2D eigenvalue weighted by Gasteiger charge is 2.27. The molecule has 0 aromatic heterocycles. The normalized spacial score (nSPS) is 12.7. The molecule has 0 heterocycles. The molecule has 7 heteroatoms. The molecule has 0 aliphatic carbocycles. The van der Waals surface area contributed by atoms with Gasteiger partial charge in [0, 0.05) is 19.2 Å². The predicted octanol–water partition coefficient (Wildman–Crippen LogP) is 2.64. The molecule has 112 valence electrons. The summed E-state index contributed by atoms with van der Waals surface area (Å²) in [5, 5.41) is 0.121. The molecule has 20 heavy (non-hydrogen) atoms. The molecule has 0 bridgehead atoms. The van der Waals surface area contributed by atoms with Crippen LogP contribution in [0.4, 0.5) is 0 Å². The Labute approximate surface area is 131 Å². The minimum Gasteiger partial charge on any atom is -0.389 e. The van der Waals surface area contributed by atoms with Crippen LogP contribution in [0.5, 0.6) is 0 Å². The molecule has 0 unspecified atom stereocenters. The molecule has 0 aliphatic heterocycles. The topological polar surface area (TPSA) is 63.4 Å². The summed E-state index contributed by atoms with van der Waals surface area (Å²) >= 11 is 10.9. The average Bonchev–Trinajstić information content (AvgIpc) is 2.25. The van der Waals surface area contributed by atoms with E-state index in [-0.39, 0.29) is 20.3 Å². The van der Waals surface area contributed by atoms with Crippen molar-refractivity contribution in [2.24, 2.45) is 11.1 Å². The first-order chi connectivity index (χ1) is 8.95. The maximum Gasteiger partial charge on any atom is 0.244 e. The fourth-order valence-corrected chi connectivity index (χ4v) is 3.82. The lowest BCUT2D eigenvalue weighted by atomic mass is 9.97. The second kappa shape index (κ2) is 5.97. The smallest absolute Gasteiger partial charge is 0.244 e. The average molecular weight is 335 g/mol. The van der Waals surface area contributed by atoms with Crippen molar-refractivity contribution >= 4 is 38.8 Å². The lowest BCUT2D eigenvalue weighted by Crippen LogP contribution is -2.34. The van der Waals surface area contributed by atoms with Crippen LogP contribution < -0.4 is 5.73 Å². The first-order valence-electron chi connectivity index (χ1n) is 6.01. The third-order valence-corrected chi connectivity index (χ3v) is 5.12. The maximum atomic E-state index is 12.5. The van der Waals surface area contributed by atoms with Crippen molar-refractivity contribution < 1.29 is 8.42 Å². The van der Waals surface area contributed by atoms with E-state index in [1.54, 1.807) is 13.1 Å². The molecule has 4 nitrogen and oxygen atoms in total. The molecule has 2 N–H and O–H groups in total. The lowest BCUT2D eigenvalue weighted by molar-refractivity contribution is 0.311. The minimum absolute atomic E-state index is 0.0610. The zero-order chi connectivity index (χ0) is 15.7. The van der Waals surface area contributed by atoms with E-state index < -0.39 is 10.0 Å². The summed E-state index contributed by atoms with van der Waals surface area (Å²) < 4.78 is 26.3. The van der Waals surface area contributed by atoms with Gasteiger partial charge in [0.25, 0.3) is 0 Å². The molecule has 0 saturated carbocycles. The molecule has 0 saturated heterocycles. The molecule has 1 aromatic rings. The lowest BCUT2D eigenvalue weighted by Gasteiger charge is -2.26. The third-order valence-electron chi connectivity index (χ3n) is 2.60. The molecule has 0 atom stereocenters. The highest BCUT2D eigenvalue weighted by Crippen LogP contribution is 2.27. The van der Waals surface area contributed by atoms with E-state index in [0.29, 0.717) is 12.1 Å². The van der Waals surface area contributed by atoms with Gasteiger partial charge in [-0.3, -0.25) is 0 Å². The molecule has 0 fully saturated rings. The number of benzene rings is 1. The van der Waals surface area contributed by atoms with Gasteiger partial charge in [-0.2, -0.15) is 0 Å². The van der Waals surface area contributed by atoms with Crippen LogP contribution in [0.15, 0.2) is 23.1 Å². The second-order valence-electron chi connectivity index (χ2n) is 5.83. The van der Waals surface area contributed by atoms with Crippen LogP contribution in [-0.2, 0) is 10.0 Å². The van der Waals surface area contributed by atoms with Crippen molar-refractivity contribution in [3.63, 3.8) is 0 Å². The Balaban J connectivity index is 3.20. The first kappa shape index (κ1) is 17.4. The van der Waals surface area contributed by atoms with E-state index >= 15 is 0 Å². The van der Waals surface area contributed by atoms with Crippen LogP contribution in [-0.4, -0.2) is 31.3 Å². The van der Waals surface area contributed by atoms with Gasteiger partial charge in [0.05, 0.1) is 5.02 Å².